The highest BCUT2D eigenvalue weighted by molar-refractivity contribution is 7.15. The first kappa shape index (κ1) is 29.2. The molecule has 2 aromatic heterocycles. The van der Waals surface area contributed by atoms with Crippen LogP contribution in [0.15, 0.2) is 42.6 Å². The molecule has 3 aromatic rings. The first-order chi connectivity index (χ1) is 17.8. The van der Waals surface area contributed by atoms with Crippen molar-refractivity contribution in [1.29, 1.82) is 0 Å². The summed E-state index contributed by atoms with van der Waals surface area (Å²) in [5.74, 6) is -4.49. The van der Waals surface area contributed by atoms with Gasteiger partial charge in [-0.05, 0) is 50.6 Å². The Morgan fingerprint density at radius 2 is 1.82 bits per heavy atom. The molecule has 0 saturated carbocycles. The Morgan fingerprint density at radius 1 is 1.13 bits per heavy atom. The fourth-order valence-corrected chi connectivity index (χ4v) is 4.32. The molecule has 13 heteroatoms. The summed E-state index contributed by atoms with van der Waals surface area (Å²) in [6.07, 6.45) is -6.07. The molecular formula is C25H23ClF3N3O5S. The molecule has 3 rings (SSSR count). The number of esters is 2. The maximum Gasteiger partial charge on any atom is 0.491 e. The Kier molecular flexibility index (Phi) is 9.58. The second-order valence-corrected chi connectivity index (χ2v) is 9.99. The third-order valence-corrected chi connectivity index (χ3v) is 6.23. The second kappa shape index (κ2) is 12.5. The SMILES string of the molecule is Cc1sc(-c2ccc(Cl)cc2)nc1C(=O)NCc1cc(CC(OC(C)C)C(=O)OC(=O)C(F)(F)F)ccn1. The summed E-state index contributed by atoms with van der Waals surface area (Å²) in [6.45, 7) is 4.96. The van der Waals surface area contributed by atoms with Gasteiger partial charge in [0.15, 0.2) is 6.10 Å². The number of pyridine rings is 1. The third-order valence-electron chi connectivity index (χ3n) is 4.96. The minimum absolute atomic E-state index is 0.0205. The number of amides is 1. The van der Waals surface area contributed by atoms with Gasteiger partial charge in [0.1, 0.15) is 10.7 Å². The van der Waals surface area contributed by atoms with E-state index in [2.05, 4.69) is 20.0 Å². The summed E-state index contributed by atoms with van der Waals surface area (Å²) >= 11 is 7.29. The van der Waals surface area contributed by atoms with E-state index in [4.69, 9.17) is 16.3 Å². The van der Waals surface area contributed by atoms with E-state index in [9.17, 15) is 27.6 Å². The third kappa shape index (κ3) is 8.07. The molecule has 0 saturated heterocycles. The normalized spacial score (nSPS) is 12.3. The van der Waals surface area contributed by atoms with Crippen molar-refractivity contribution in [2.45, 2.75) is 52.1 Å². The number of hydrogen-bond donors (Lipinski definition) is 1. The maximum atomic E-state index is 12.8. The van der Waals surface area contributed by atoms with Gasteiger partial charge in [0, 0.05) is 28.1 Å². The zero-order valence-electron chi connectivity index (χ0n) is 20.5. The lowest BCUT2D eigenvalue weighted by Crippen LogP contribution is -2.36. The van der Waals surface area contributed by atoms with Gasteiger partial charge >= 0.3 is 18.1 Å². The predicted molar refractivity (Wildman–Crippen MR) is 134 cm³/mol. The van der Waals surface area contributed by atoms with Crippen molar-refractivity contribution in [2.75, 3.05) is 0 Å². The van der Waals surface area contributed by atoms with Gasteiger partial charge in [-0.3, -0.25) is 9.78 Å². The van der Waals surface area contributed by atoms with E-state index >= 15 is 0 Å². The maximum absolute atomic E-state index is 12.8. The molecule has 0 spiro atoms. The number of hydrogen-bond acceptors (Lipinski definition) is 8. The monoisotopic (exact) mass is 569 g/mol. The Balaban J connectivity index is 1.67. The van der Waals surface area contributed by atoms with E-state index in [-0.39, 0.29) is 18.7 Å². The van der Waals surface area contributed by atoms with Crippen molar-refractivity contribution in [3.8, 4) is 10.6 Å². The smallest absolute Gasteiger partial charge is 0.384 e. The van der Waals surface area contributed by atoms with Crippen molar-refractivity contribution in [3.63, 3.8) is 0 Å². The Labute approximate surface area is 225 Å². The fraction of sp³-hybridized carbons (Fsp3) is 0.320. The number of nitrogens with zero attached hydrogens (tertiary/aromatic N) is 2. The van der Waals surface area contributed by atoms with E-state index in [1.807, 2.05) is 12.1 Å². The highest BCUT2D eigenvalue weighted by Gasteiger charge is 2.43. The van der Waals surface area contributed by atoms with Crippen LogP contribution >= 0.6 is 22.9 Å². The lowest BCUT2D eigenvalue weighted by Gasteiger charge is -2.19. The number of aryl methyl sites for hydroxylation is 1. The number of rotatable bonds is 9. The van der Waals surface area contributed by atoms with Crippen molar-refractivity contribution in [1.82, 2.24) is 15.3 Å². The van der Waals surface area contributed by atoms with Crippen LogP contribution in [0, 0.1) is 6.92 Å². The molecule has 8 nitrogen and oxygen atoms in total. The zero-order chi connectivity index (χ0) is 28.0. The standard InChI is InChI=1S/C25H23ClF3N3O5S/c1-13(2)36-19(23(34)37-24(35)25(27,28)29)11-15-8-9-30-18(10-15)12-31-21(33)20-14(3)38-22(32-20)16-4-6-17(26)7-5-16/h4-10,13,19H,11-12H2,1-3H3,(H,31,33). The molecule has 1 amide bonds. The van der Waals surface area contributed by atoms with E-state index < -0.39 is 36.2 Å². The molecule has 0 bridgehead atoms. The number of carbonyl (C=O) groups excluding carboxylic acids is 3. The van der Waals surface area contributed by atoms with Gasteiger partial charge in [-0.15, -0.1) is 11.3 Å². The van der Waals surface area contributed by atoms with E-state index in [0.717, 1.165) is 10.4 Å². The average molecular weight is 570 g/mol. The van der Waals surface area contributed by atoms with Gasteiger partial charge in [-0.25, -0.2) is 14.6 Å². The number of thiazole rings is 1. The van der Waals surface area contributed by atoms with Crippen LogP contribution in [0.25, 0.3) is 10.6 Å². The summed E-state index contributed by atoms with van der Waals surface area (Å²) in [5.41, 5.74) is 1.98. The van der Waals surface area contributed by atoms with E-state index in [0.29, 0.717) is 21.3 Å². The molecule has 38 heavy (non-hydrogen) atoms. The number of carbonyl (C=O) groups is 3. The number of benzene rings is 1. The summed E-state index contributed by atoms with van der Waals surface area (Å²) < 4.78 is 46.8. The molecule has 2 heterocycles. The molecule has 0 aliphatic heterocycles. The summed E-state index contributed by atoms with van der Waals surface area (Å²) in [5, 5.41) is 3.99. The predicted octanol–water partition coefficient (Wildman–Crippen LogP) is 5.07. The van der Waals surface area contributed by atoms with Crippen LogP contribution in [0.1, 0.15) is 40.5 Å². The summed E-state index contributed by atoms with van der Waals surface area (Å²) in [7, 11) is 0. The number of alkyl halides is 3. The van der Waals surface area contributed by atoms with Gasteiger partial charge in [0.2, 0.25) is 0 Å². The number of halogens is 4. The van der Waals surface area contributed by atoms with Gasteiger partial charge in [-0.1, -0.05) is 23.7 Å². The second-order valence-electron chi connectivity index (χ2n) is 8.35. The highest BCUT2D eigenvalue weighted by Crippen LogP contribution is 2.28. The molecule has 1 N–H and O–H groups in total. The Morgan fingerprint density at radius 3 is 2.45 bits per heavy atom. The largest absolute Gasteiger partial charge is 0.491 e. The van der Waals surface area contributed by atoms with E-state index in [1.165, 1.54) is 23.6 Å². The topological polar surface area (TPSA) is 107 Å². The zero-order valence-corrected chi connectivity index (χ0v) is 22.0. The molecule has 0 aliphatic rings. The van der Waals surface area contributed by atoms with Crippen LogP contribution < -0.4 is 5.32 Å². The average Bonchev–Trinajstić information content (AvgIpc) is 3.23. The molecule has 0 fully saturated rings. The van der Waals surface area contributed by atoms with Crippen LogP contribution in [0.5, 0.6) is 0 Å². The molecule has 1 aromatic carbocycles. The van der Waals surface area contributed by atoms with Crippen molar-refractivity contribution >= 4 is 40.8 Å². The lowest BCUT2D eigenvalue weighted by atomic mass is 10.1. The minimum atomic E-state index is -5.31. The van der Waals surface area contributed by atoms with E-state index in [1.54, 1.807) is 39.0 Å². The summed E-state index contributed by atoms with van der Waals surface area (Å²) in [6, 6.07) is 10.2. The highest BCUT2D eigenvalue weighted by atomic mass is 35.5. The van der Waals surface area contributed by atoms with Gasteiger partial charge in [-0.2, -0.15) is 13.2 Å². The first-order valence-corrected chi connectivity index (χ1v) is 12.5. The molecule has 202 valence electrons. The van der Waals surface area contributed by atoms with Crippen LogP contribution in [0.3, 0.4) is 0 Å². The first-order valence-electron chi connectivity index (χ1n) is 11.3. The molecule has 1 atom stereocenters. The molecule has 0 aliphatic carbocycles. The number of aromatic nitrogens is 2. The van der Waals surface area contributed by atoms with Crippen LogP contribution in [0.2, 0.25) is 5.02 Å². The van der Waals surface area contributed by atoms with Gasteiger partial charge in [0.25, 0.3) is 5.91 Å². The van der Waals surface area contributed by atoms with Crippen molar-refractivity contribution in [3.05, 3.63) is 69.4 Å². The Hall–Kier alpha value is -3.35. The molecule has 1 unspecified atom stereocenters. The number of ether oxygens (including phenoxy) is 2. The van der Waals surface area contributed by atoms with Gasteiger partial charge in [0.05, 0.1) is 18.3 Å². The molecular weight excluding hydrogens is 547 g/mol. The lowest BCUT2D eigenvalue weighted by molar-refractivity contribution is -0.205. The minimum Gasteiger partial charge on any atom is -0.384 e. The van der Waals surface area contributed by atoms with Crippen LogP contribution in [0.4, 0.5) is 13.2 Å². The number of nitrogens with one attached hydrogen (secondary N) is 1. The van der Waals surface area contributed by atoms with Gasteiger partial charge < -0.3 is 14.8 Å². The van der Waals surface area contributed by atoms with Crippen molar-refractivity contribution in [2.24, 2.45) is 0 Å². The Bertz CT molecular complexity index is 1310. The molecule has 0 radical (unpaired) electrons. The van der Waals surface area contributed by atoms with Crippen LogP contribution in [-0.4, -0.2) is 46.2 Å². The quantitative estimate of drug-likeness (QED) is 0.283. The summed E-state index contributed by atoms with van der Waals surface area (Å²) in [4.78, 5) is 45.4. The fourth-order valence-electron chi connectivity index (χ4n) is 3.27. The van der Waals surface area contributed by atoms with Crippen molar-refractivity contribution < 1.29 is 37.0 Å². The van der Waals surface area contributed by atoms with Crippen LogP contribution in [-0.2, 0) is 32.0 Å².